The van der Waals surface area contributed by atoms with Gasteiger partial charge in [0.25, 0.3) is 0 Å². The molecule has 1 saturated heterocycles. The van der Waals surface area contributed by atoms with Gasteiger partial charge in [0, 0.05) is 17.9 Å². The summed E-state index contributed by atoms with van der Waals surface area (Å²) >= 11 is 0. The van der Waals surface area contributed by atoms with Gasteiger partial charge < -0.3 is 4.90 Å². The molecule has 11 heavy (non-hydrogen) atoms. The smallest absolute Gasteiger partial charge is 0.205 e. The van der Waals surface area contributed by atoms with Crippen LogP contribution in [0.3, 0.4) is 0 Å². The van der Waals surface area contributed by atoms with Gasteiger partial charge >= 0.3 is 0 Å². The van der Waals surface area contributed by atoms with Crippen molar-refractivity contribution in [2.24, 2.45) is 0 Å². The number of nitro groups is 1. The maximum absolute atomic E-state index is 9.96. The van der Waals surface area contributed by atoms with Crippen LogP contribution in [0.2, 0.25) is 0 Å². The second-order valence-corrected chi connectivity index (χ2v) is 2.96. The molecule has 0 radical (unpaired) electrons. The number of hydrogen-bond donors (Lipinski definition) is 0. The van der Waals surface area contributed by atoms with Gasteiger partial charge in [-0.1, -0.05) is 0 Å². The van der Waals surface area contributed by atoms with Gasteiger partial charge in [0.05, 0.1) is 0 Å². The minimum Gasteiger partial charge on any atom is -0.303 e. The Hall–Kier alpha value is -0.640. The Kier molecular flexibility index (Phi) is 3.29. The van der Waals surface area contributed by atoms with E-state index in [1.165, 1.54) is 12.8 Å². The van der Waals surface area contributed by atoms with Gasteiger partial charge in [-0.3, -0.25) is 10.1 Å². The lowest BCUT2D eigenvalue weighted by atomic mass is 10.4. The Morgan fingerprint density at radius 1 is 1.36 bits per heavy atom. The van der Waals surface area contributed by atoms with E-state index >= 15 is 0 Å². The van der Waals surface area contributed by atoms with E-state index in [9.17, 15) is 10.1 Å². The van der Waals surface area contributed by atoms with E-state index in [0.717, 1.165) is 19.6 Å². The zero-order valence-corrected chi connectivity index (χ0v) is 6.66. The van der Waals surface area contributed by atoms with E-state index in [-0.39, 0.29) is 11.5 Å². The molecule has 64 valence electrons. The van der Waals surface area contributed by atoms with Crippen LogP contribution < -0.4 is 0 Å². The predicted molar refractivity (Wildman–Crippen MR) is 42.2 cm³/mol. The Labute approximate surface area is 66.3 Å². The Balaban J connectivity index is 1.98. The summed E-state index contributed by atoms with van der Waals surface area (Å²) in [5.74, 6) is 0. The molecule has 4 heteroatoms. The molecule has 1 rings (SSSR count). The molecule has 0 amide bonds. The zero-order chi connectivity index (χ0) is 8.10. The summed E-state index contributed by atoms with van der Waals surface area (Å²) in [7, 11) is 0. The van der Waals surface area contributed by atoms with Crippen LogP contribution in [0.5, 0.6) is 0 Å². The lowest BCUT2D eigenvalue weighted by Crippen LogP contribution is -2.22. The minimum absolute atomic E-state index is 0.122. The lowest BCUT2D eigenvalue weighted by molar-refractivity contribution is -0.480. The molecule has 0 unspecified atom stereocenters. The third-order valence-corrected chi connectivity index (χ3v) is 2.01. The summed E-state index contributed by atoms with van der Waals surface area (Å²) in [6, 6.07) is 0. The van der Waals surface area contributed by atoms with Gasteiger partial charge in [0.2, 0.25) is 6.54 Å². The normalized spacial score (nSPS) is 18.9. The standard InChI is InChI=1S/C7H14N2O2/c10-9(11)7-3-6-8-4-1-2-5-8/h1-7H2. The fraction of sp³-hybridized carbons (Fsp3) is 1.00. The molecule has 0 aromatic carbocycles. The average molecular weight is 158 g/mol. The summed E-state index contributed by atoms with van der Waals surface area (Å²) in [6.45, 7) is 3.30. The van der Waals surface area contributed by atoms with Crippen LogP contribution in [0, 0.1) is 10.1 Å². The van der Waals surface area contributed by atoms with E-state index in [1.54, 1.807) is 0 Å². The van der Waals surface area contributed by atoms with E-state index in [2.05, 4.69) is 4.90 Å². The highest BCUT2D eigenvalue weighted by Crippen LogP contribution is 2.06. The molecule has 0 spiro atoms. The molecule has 4 nitrogen and oxygen atoms in total. The van der Waals surface area contributed by atoms with Gasteiger partial charge in [-0.25, -0.2) is 0 Å². The highest BCUT2D eigenvalue weighted by atomic mass is 16.6. The van der Waals surface area contributed by atoms with Crippen molar-refractivity contribution in [2.45, 2.75) is 19.3 Å². The van der Waals surface area contributed by atoms with Crippen LogP contribution in [0.4, 0.5) is 0 Å². The Morgan fingerprint density at radius 2 is 2.00 bits per heavy atom. The molecule has 0 aliphatic carbocycles. The summed E-state index contributed by atoms with van der Waals surface area (Å²) in [5, 5.41) is 9.96. The third-order valence-electron chi connectivity index (χ3n) is 2.01. The topological polar surface area (TPSA) is 46.4 Å². The van der Waals surface area contributed by atoms with E-state index in [0.29, 0.717) is 6.42 Å². The highest BCUT2D eigenvalue weighted by molar-refractivity contribution is 4.65. The molecule has 0 atom stereocenters. The molecular formula is C7H14N2O2. The van der Waals surface area contributed by atoms with Gasteiger partial charge in [-0.2, -0.15) is 0 Å². The Morgan fingerprint density at radius 3 is 2.55 bits per heavy atom. The maximum atomic E-state index is 9.96. The fourth-order valence-electron chi connectivity index (χ4n) is 1.43. The second kappa shape index (κ2) is 4.28. The molecule has 1 aliphatic heterocycles. The quantitative estimate of drug-likeness (QED) is 0.448. The van der Waals surface area contributed by atoms with E-state index in [1.807, 2.05) is 0 Å². The van der Waals surface area contributed by atoms with Gasteiger partial charge in [-0.15, -0.1) is 0 Å². The second-order valence-electron chi connectivity index (χ2n) is 2.96. The maximum Gasteiger partial charge on any atom is 0.205 e. The highest BCUT2D eigenvalue weighted by Gasteiger charge is 2.11. The van der Waals surface area contributed by atoms with Crippen molar-refractivity contribution in [1.82, 2.24) is 4.90 Å². The molecule has 0 N–H and O–H groups in total. The molecule has 0 bridgehead atoms. The molecule has 1 fully saturated rings. The van der Waals surface area contributed by atoms with Crippen molar-refractivity contribution >= 4 is 0 Å². The van der Waals surface area contributed by atoms with Crippen molar-refractivity contribution in [3.8, 4) is 0 Å². The number of nitrogens with zero attached hydrogens (tertiary/aromatic N) is 2. The number of rotatable bonds is 4. The first-order chi connectivity index (χ1) is 5.29. The Bertz CT molecular complexity index is 132. The molecule has 1 heterocycles. The summed E-state index contributed by atoms with van der Waals surface area (Å²) < 4.78 is 0. The van der Waals surface area contributed by atoms with Gasteiger partial charge in [-0.05, 0) is 25.9 Å². The van der Waals surface area contributed by atoms with Crippen LogP contribution >= 0.6 is 0 Å². The fourth-order valence-corrected chi connectivity index (χ4v) is 1.43. The predicted octanol–water partition coefficient (Wildman–Crippen LogP) is 0.749. The van der Waals surface area contributed by atoms with Crippen molar-refractivity contribution in [3.63, 3.8) is 0 Å². The lowest BCUT2D eigenvalue weighted by Gasteiger charge is -2.11. The van der Waals surface area contributed by atoms with Crippen LogP contribution in [-0.2, 0) is 0 Å². The van der Waals surface area contributed by atoms with Crippen molar-refractivity contribution in [1.29, 1.82) is 0 Å². The van der Waals surface area contributed by atoms with Gasteiger partial charge in [0.15, 0.2) is 0 Å². The first-order valence-electron chi connectivity index (χ1n) is 4.13. The van der Waals surface area contributed by atoms with Crippen LogP contribution in [0.25, 0.3) is 0 Å². The minimum atomic E-state index is -0.240. The zero-order valence-electron chi connectivity index (χ0n) is 6.66. The van der Waals surface area contributed by atoms with E-state index in [4.69, 9.17) is 0 Å². The van der Waals surface area contributed by atoms with E-state index < -0.39 is 0 Å². The van der Waals surface area contributed by atoms with Gasteiger partial charge in [0.1, 0.15) is 0 Å². The molecule has 0 aromatic heterocycles. The largest absolute Gasteiger partial charge is 0.303 e. The molecule has 0 aromatic rings. The first kappa shape index (κ1) is 8.46. The molecule has 0 saturated carbocycles. The third kappa shape index (κ3) is 3.32. The first-order valence-corrected chi connectivity index (χ1v) is 4.13. The SMILES string of the molecule is O=[N+]([O-])CCCN1CCCC1. The van der Waals surface area contributed by atoms with Crippen LogP contribution in [0.1, 0.15) is 19.3 Å². The summed E-state index contributed by atoms with van der Waals surface area (Å²) in [5.41, 5.74) is 0. The van der Waals surface area contributed by atoms with Crippen LogP contribution in [-0.4, -0.2) is 36.0 Å². The number of likely N-dealkylation sites (tertiary alicyclic amines) is 1. The van der Waals surface area contributed by atoms with Crippen LogP contribution in [0.15, 0.2) is 0 Å². The summed E-state index contributed by atoms with van der Waals surface area (Å²) in [4.78, 5) is 12.0. The number of hydrogen-bond acceptors (Lipinski definition) is 3. The summed E-state index contributed by atoms with van der Waals surface area (Å²) in [6.07, 6.45) is 3.23. The molecule has 1 aliphatic rings. The average Bonchev–Trinajstić information content (AvgIpc) is 2.39. The molecular weight excluding hydrogens is 144 g/mol. The van der Waals surface area contributed by atoms with Crippen molar-refractivity contribution < 1.29 is 4.92 Å². The monoisotopic (exact) mass is 158 g/mol. The van der Waals surface area contributed by atoms with Crippen molar-refractivity contribution in [3.05, 3.63) is 10.1 Å². The van der Waals surface area contributed by atoms with Crippen molar-refractivity contribution in [2.75, 3.05) is 26.2 Å².